The lowest BCUT2D eigenvalue weighted by Gasteiger charge is -2.08. The van der Waals surface area contributed by atoms with Gasteiger partial charge in [0.25, 0.3) is 5.56 Å². The molecule has 1 aromatic carbocycles. The van der Waals surface area contributed by atoms with Crippen molar-refractivity contribution in [2.75, 3.05) is 12.9 Å². The first-order valence-electron chi connectivity index (χ1n) is 6.65. The number of aromatic nitrogens is 1. The largest absolute Gasteiger partial charge is 0.494 e. The van der Waals surface area contributed by atoms with Crippen LogP contribution >= 0.6 is 15.9 Å². The van der Waals surface area contributed by atoms with Gasteiger partial charge in [-0.2, -0.15) is 0 Å². The van der Waals surface area contributed by atoms with Gasteiger partial charge in [-0.3, -0.25) is 4.79 Å². The van der Waals surface area contributed by atoms with Gasteiger partial charge in [0.05, 0.1) is 11.5 Å². The minimum absolute atomic E-state index is 0.0549. The monoisotopic (exact) mass is 385 g/mol. The van der Waals surface area contributed by atoms with Crippen LogP contribution < -0.4 is 10.3 Å². The summed E-state index contributed by atoms with van der Waals surface area (Å²) in [6.45, 7) is 0.997. The van der Waals surface area contributed by atoms with Crippen LogP contribution in [0.2, 0.25) is 0 Å². The Hall–Kier alpha value is -1.60. The first-order valence-corrected chi connectivity index (χ1v) is 9.33. The smallest absolute Gasteiger partial charge is 0.250 e. The van der Waals surface area contributed by atoms with Crippen LogP contribution in [0.1, 0.15) is 6.42 Å². The van der Waals surface area contributed by atoms with Crippen molar-refractivity contribution in [2.45, 2.75) is 17.9 Å². The summed E-state index contributed by atoms with van der Waals surface area (Å²) in [7, 11) is -3.19. The van der Waals surface area contributed by atoms with E-state index in [9.17, 15) is 13.2 Å². The third-order valence-electron chi connectivity index (χ3n) is 3.01. The van der Waals surface area contributed by atoms with Crippen molar-refractivity contribution in [3.63, 3.8) is 0 Å². The molecule has 0 unspecified atom stereocenters. The second-order valence-corrected chi connectivity index (χ2v) is 7.76. The van der Waals surface area contributed by atoms with Crippen molar-refractivity contribution in [2.24, 2.45) is 0 Å². The molecule has 0 saturated carbocycles. The summed E-state index contributed by atoms with van der Waals surface area (Å²) in [5, 5.41) is 0. The van der Waals surface area contributed by atoms with E-state index in [0.717, 1.165) is 4.47 Å². The molecule has 1 aromatic heterocycles. The van der Waals surface area contributed by atoms with E-state index in [2.05, 4.69) is 15.9 Å². The molecule has 7 heteroatoms. The van der Waals surface area contributed by atoms with E-state index in [1.54, 1.807) is 29.0 Å². The number of nitrogens with zero attached hydrogens (tertiary/aromatic N) is 1. The van der Waals surface area contributed by atoms with E-state index in [4.69, 9.17) is 4.74 Å². The van der Waals surface area contributed by atoms with Gasteiger partial charge in [-0.25, -0.2) is 8.42 Å². The van der Waals surface area contributed by atoms with E-state index < -0.39 is 9.84 Å². The highest BCUT2D eigenvalue weighted by atomic mass is 79.9. The fraction of sp³-hybridized carbons (Fsp3) is 0.267. The predicted octanol–water partition coefficient (Wildman–Crippen LogP) is 2.48. The Morgan fingerprint density at radius 1 is 1.14 bits per heavy atom. The van der Waals surface area contributed by atoms with Gasteiger partial charge in [0, 0.05) is 29.5 Å². The zero-order valence-electron chi connectivity index (χ0n) is 12.0. The van der Waals surface area contributed by atoms with Crippen molar-refractivity contribution in [1.82, 2.24) is 4.57 Å². The number of aryl methyl sites for hydroxylation is 1. The topological polar surface area (TPSA) is 65.4 Å². The zero-order chi connectivity index (χ0) is 16.2. The highest BCUT2D eigenvalue weighted by molar-refractivity contribution is 9.10. The summed E-state index contributed by atoms with van der Waals surface area (Å²) in [5.74, 6) is 0.606. The van der Waals surface area contributed by atoms with E-state index in [-0.39, 0.29) is 10.5 Å². The quantitative estimate of drug-likeness (QED) is 0.716. The van der Waals surface area contributed by atoms with E-state index >= 15 is 0 Å². The molecule has 0 aliphatic heterocycles. The number of sulfone groups is 1. The Balaban J connectivity index is 1.86. The van der Waals surface area contributed by atoms with Crippen LogP contribution in [0.5, 0.6) is 5.75 Å². The van der Waals surface area contributed by atoms with Gasteiger partial charge in [-0.15, -0.1) is 0 Å². The summed E-state index contributed by atoms with van der Waals surface area (Å²) >= 11 is 3.32. The van der Waals surface area contributed by atoms with Gasteiger partial charge in [0.1, 0.15) is 5.75 Å². The molecule has 118 valence electrons. The lowest BCUT2D eigenvalue weighted by Crippen LogP contribution is -2.19. The number of ether oxygens (including phenoxy) is 1. The van der Waals surface area contributed by atoms with Gasteiger partial charge in [-0.05, 0) is 52.7 Å². The number of pyridine rings is 1. The summed E-state index contributed by atoms with van der Waals surface area (Å²) in [4.78, 5) is 11.9. The van der Waals surface area contributed by atoms with E-state index in [1.165, 1.54) is 24.5 Å². The number of hydrogen-bond donors (Lipinski definition) is 0. The molecule has 2 aromatic rings. The average Bonchev–Trinajstić information content (AvgIpc) is 2.46. The molecule has 0 bridgehead atoms. The van der Waals surface area contributed by atoms with Crippen LogP contribution in [0.15, 0.2) is 56.8 Å². The lowest BCUT2D eigenvalue weighted by molar-refractivity contribution is 0.300. The van der Waals surface area contributed by atoms with Gasteiger partial charge in [0.2, 0.25) is 0 Å². The average molecular weight is 386 g/mol. The Morgan fingerprint density at radius 3 is 2.45 bits per heavy atom. The minimum atomic E-state index is -3.19. The molecular weight excluding hydrogens is 370 g/mol. The van der Waals surface area contributed by atoms with Gasteiger partial charge >= 0.3 is 0 Å². The van der Waals surface area contributed by atoms with Crippen molar-refractivity contribution in [1.29, 1.82) is 0 Å². The Kier molecular flexibility index (Phi) is 5.42. The molecule has 0 radical (unpaired) electrons. The Morgan fingerprint density at radius 2 is 1.82 bits per heavy atom. The second-order valence-electron chi connectivity index (χ2n) is 4.82. The molecule has 2 rings (SSSR count). The first-order chi connectivity index (χ1) is 10.4. The fourth-order valence-electron chi connectivity index (χ4n) is 1.88. The lowest BCUT2D eigenvalue weighted by atomic mass is 10.3. The maximum Gasteiger partial charge on any atom is 0.250 e. The molecule has 1 heterocycles. The molecule has 0 atom stereocenters. The highest BCUT2D eigenvalue weighted by Crippen LogP contribution is 2.16. The second kappa shape index (κ2) is 7.11. The van der Waals surface area contributed by atoms with Crippen molar-refractivity contribution in [3.8, 4) is 5.75 Å². The number of rotatable bonds is 6. The first kappa shape index (κ1) is 16.8. The minimum Gasteiger partial charge on any atom is -0.494 e. The maximum absolute atomic E-state index is 11.6. The molecule has 0 N–H and O–H groups in total. The standard InChI is InChI=1S/C15H16BrNO4S/c1-22(19,20)14-6-4-13(5-7-14)21-10-2-9-17-11-12(16)3-8-15(17)18/h3-8,11H,2,9-10H2,1H3. The number of hydrogen-bond acceptors (Lipinski definition) is 4. The Labute approximate surface area is 137 Å². The molecule has 0 aliphatic rings. The summed E-state index contributed by atoms with van der Waals surface area (Å²) in [6.07, 6.45) is 3.58. The normalized spacial score (nSPS) is 11.4. The molecular formula is C15H16BrNO4S. The van der Waals surface area contributed by atoms with Crippen LogP contribution in [0.4, 0.5) is 0 Å². The third-order valence-corrected chi connectivity index (χ3v) is 4.61. The number of benzene rings is 1. The van der Waals surface area contributed by atoms with Crippen LogP contribution in [0.25, 0.3) is 0 Å². The van der Waals surface area contributed by atoms with Crippen molar-refractivity contribution in [3.05, 3.63) is 57.4 Å². The van der Waals surface area contributed by atoms with Crippen molar-refractivity contribution < 1.29 is 13.2 Å². The summed E-state index contributed by atoms with van der Waals surface area (Å²) in [5.41, 5.74) is -0.0549. The third kappa shape index (κ3) is 4.71. The van der Waals surface area contributed by atoms with E-state index in [0.29, 0.717) is 25.3 Å². The van der Waals surface area contributed by atoms with Gasteiger partial charge in [0.15, 0.2) is 9.84 Å². The van der Waals surface area contributed by atoms with Crippen LogP contribution in [-0.2, 0) is 16.4 Å². The van der Waals surface area contributed by atoms with Crippen LogP contribution in [0, 0.1) is 0 Å². The predicted molar refractivity (Wildman–Crippen MR) is 88.1 cm³/mol. The zero-order valence-corrected chi connectivity index (χ0v) is 14.4. The molecule has 22 heavy (non-hydrogen) atoms. The fourth-order valence-corrected chi connectivity index (χ4v) is 2.89. The van der Waals surface area contributed by atoms with Crippen LogP contribution in [-0.4, -0.2) is 25.8 Å². The Bertz CT molecular complexity index is 797. The SMILES string of the molecule is CS(=O)(=O)c1ccc(OCCCn2cc(Br)ccc2=O)cc1. The summed E-state index contributed by atoms with van der Waals surface area (Å²) in [6, 6.07) is 9.50. The maximum atomic E-state index is 11.6. The molecule has 0 fully saturated rings. The molecule has 0 aliphatic carbocycles. The van der Waals surface area contributed by atoms with E-state index in [1.807, 2.05) is 0 Å². The van der Waals surface area contributed by atoms with Crippen molar-refractivity contribution >= 4 is 25.8 Å². The molecule has 0 saturated heterocycles. The van der Waals surface area contributed by atoms with Gasteiger partial charge in [-0.1, -0.05) is 0 Å². The molecule has 0 spiro atoms. The van der Waals surface area contributed by atoms with Gasteiger partial charge < -0.3 is 9.30 Å². The number of halogens is 1. The molecule has 0 amide bonds. The molecule has 5 nitrogen and oxygen atoms in total. The summed E-state index contributed by atoms with van der Waals surface area (Å²) < 4.78 is 30.7. The van der Waals surface area contributed by atoms with Crippen LogP contribution in [0.3, 0.4) is 0 Å². The highest BCUT2D eigenvalue weighted by Gasteiger charge is 2.06.